The molecule has 0 unspecified atom stereocenters. The van der Waals surface area contributed by atoms with Gasteiger partial charge in [0.2, 0.25) is 0 Å². The molecule has 166 valence electrons. The van der Waals surface area contributed by atoms with Crippen LogP contribution in [0.3, 0.4) is 0 Å². The van der Waals surface area contributed by atoms with Crippen LogP contribution in [-0.2, 0) is 11.4 Å². The van der Waals surface area contributed by atoms with Gasteiger partial charge < -0.3 is 4.74 Å². The number of hydrogen-bond acceptors (Lipinski definition) is 7. The minimum absolute atomic E-state index is 0.186. The van der Waals surface area contributed by atoms with Gasteiger partial charge in [-0.25, -0.2) is 5.43 Å². The highest BCUT2D eigenvalue weighted by Gasteiger charge is 2.09. The molecule has 0 saturated carbocycles. The molecule has 1 amide bonds. The minimum atomic E-state index is -0.234. The molecule has 1 heterocycles. The topological polar surface area (TPSA) is 76.5 Å². The first kappa shape index (κ1) is 23.0. The highest BCUT2D eigenvalue weighted by molar-refractivity contribution is 8.01. The Bertz CT molecular complexity index is 1250. The van der Waals surface area contributed by atoms with E-state index in [1.54, 1.807) is 6.21 Å². The largest absolute Gasteiger partial charge is 0.488 e. The molecule has 4 aromatic rings. The maximum atomic E-state index is 12.2. The Morgan fingerprint density at radius 1 is 1.03 bits per heavy atom. The van der Waals surface area contributed by atoms with Gasteiger partial charge in [-0.3, -0.25) is 4.79 Å². The summed E-state index contributed by atoms with van der Waals surface area (Å²) in [7, 11) is 0. The Labute approximate surface area is 204 Å². The SMILES string of the molecule is O=C(CSc1nnc(-c2ccccc2)s1)NN=Cc1ccccc1OCc1ccccc1Cl. The van der Waals surface area contributed by atoms with Gasteiger partial charge in [0.15, 0.2) is 4.34 Å². The van der Waals surface area contributed by atoms with Crippen LogP contribution in [0.2, 0.25) is 5.02 Å². The number of carbonyl (C=O) groups excluding carboxylic acids is 1. The smallest absolute Gasteiger partial charge is 0.250 e. The fourth-order valence-corrected chi connectivity index (χ4v) is 4.63. The molecule has 0 saturated heterocycles. The fourth-order valence-electron chi connectivity index (χ4n) is 2.79. The predicted molar refractivity (Wildman–Crippen MR) is 134 cm³/mol. The second-order valence-corrected chi connectivity index (χ2v) is 9.35. The Balaban J connectivity index is 1.28. The van der Waals surface area contributed by atoms with Crippen LogP contribution in [0.5, 0.6) is 5.75 Å². The average Bonchev–Trinajstić information content (AvgIpc) is 3.33. The molecule has 1 N–H and O–H groups in total. The first-order valence-electron chi connectivity index (χ1n) is 9.98. The third-order valence-corrected chi connectivity index (χ3v) is 6.88. The van der Waals surface area contributed by atoms with E-state index in [9.17, 15) is 4.79 Å². The quantitative estimate of drug-likeness (QED) is 0.184. The van der Waals surface area contributed by atoms with Crippen LogP contribution in [-0.4, -0.2) is 28.1 Å². The number of halogens is 1. The lowest BCUT2D eigenvalue weighted by atomic mass is 10.2. The van der Waals surface area contributed by atoms with Gasteiger partial charge in [0.1, 0.15) is 17.4 Å². The Hall–Kier alpha value is -3.20. The number of aromatic nitrogens is 2. The second kappa shape index (κ2) is 11.6. The van der Waals surface area contributed by atoms with Gasteiger partial charge in [-0.2, -0.15) is 5.10 Å². The van der Waals surface area contributed by atoms with Crippen LogP contribution < -0.4 is 10.2 Å². The van der Waals surface area contributed by atoms with E-state index < -0.39 is 0 Å². The molecule has 0 spiro atoms. The highest BCUT2D eigenvalue weighted by atomic mass is 35.5. The van der Waals surface area contributed by atoms with Crippen molar-refractivity contribution < 1.29 is 9.53 Å². The number of para-hydroxylation sites is 1. The monoisotopic (exact) mass is 494 g/mol. The molecule has 0 atom stereocenters. The van der Waals surface area contributed by atoms with Gasteiger partial charge in [-0.05, 0) is 18.2 Å². The van der Waals surface area contributed by atoms with E-state index in [1.165, 1.54) is 23.1 Å². The number of rotatable bonds is 9. The molecule has 0 aliphatic heterocycles. The van der Waals surface area contributed by atoms with E-state index in [0.29, 0.717) is 17.4 Å². The number of benzene rings is 3. The zero-order valence-corrected chi connectivity index (χ0v) is 19.7. The zero-order chi connectivity index (χ0) is 22.9. The summed E-state index contributed by atoms with van der Waals surface area (Å²) < 4.78 is 6.63. The van der Waals surface area contributed by atoms with Crippen molar-refractivity contribution in [2.45, 2.75) is 10.9 Å². The standard InChI is InChI=1S/C24H19ClN4O2S2/c25-20-12-6-4-11-19(20)15-31-21-13-7-5-10-18(21)14-26-27-22(30)16-32-24-29-28-23(33-24)17-8-2-1-3-9-17/h1-14H,15-16H2,(H,27,30). The number of hydrogen-bond donors (Lipinski definition) is 1. The molecule has 0 fully saturated rings. The molecule has 0 bridgehead atoms. The Morgan fingerprint density at radius 2 is 1.79 bits per heavy atom. The summed E-state index contributed by atoms with van der Waals surface area (Å²) in [6.07, 6.45) is 1.56. The summed E-state index contributed by atoms with van der Waals surface area (Å²) in [4.78, 5) is 12.2. The van der Waals surface area contributed by atoms with Crippen LogP contribution in [0.4, 0.5) is 0 Å². The number of carbonyl (C=O) groups is 1. The molecule has 0 radical (unpaired) electrons. The van der Waals surface area contributed by atoms with Crippen LogP contribution >= 0.6 is 34.7 Å². The Kier molecular flexibility index (Phi) is 8.08. The van der Waals surface area contributed by atoms with E-state index in [-0.39, 0.29) is 11.7 Å². The van der Waals surface area contributed by atoms with Crippen LogP contribution in [0, 0.1) is 0 Å². The van der Waals surface area contributed by atoms with E-state index in [1.807, 2.05) is 78.9 Å². The van der Waals surface area contributed by atoms with E-state index in [2.05, 4.69) is 20.7 Å². The number of nitrogens with zero attached hydrogens (tertiary/aromatic N) is 3. The van der Waals surface area contributed by atoms with Gasteiger partial charge in [0.25, 0.3) is 5.91 Å². The van der Waals surface area contributed by atoms with Crippen molar-refractivity contribution in [1.29, 1.82) is 0 Å². The fraction of sp³-hybridized carbons (Fsp3) is 0.0833. The Morgan fingerprint density at radius 3 is 2.64 bits per heavy atom. The third-order valence-electron chi connectivity index (χ3n) is 4.41. The molecule has 3 aromatic carbocycles. The zero-order valence-electron chi connectivity index (χ0n) is 17.3. The highest BCUT2D eigenvalue weighted by Crippen LogP contribution is 2.29. The van der Waals surface area contributed by atoms with E-state index in [0.717, 1.165) is 26.0 Å². The average molecular weight is 495 g/mol. The number of hydrazone groups is 1. The summed E-state index contributed by atoms with van der Waals surface area (Å²) >= 11 is 8.97. The number of ether oxygens (including phenoxy) is 1. The van der Waals surface area contributed by atoms with Crippen LogP contribution in [0.1, 0.15) is 11.1 Å². The summed E-state index contributed by atoms with van der Waals surface area (Å²) in [5.41, 5.74) is 5.18. The molecule has 0 aliphatic carbocycles. The normalized spacial score (nSPS) is 10.9. The molecular formula is C24H19ClN4O2S2. The minimum Gasteiger partial charge on any atom is -0.488 e. The predicted octanol–water partition coefficient (Wildman–Crippen LogP) is 5.68. The molecule has 4 rings (SSSR count). The summed E-state index contributed by atoms with van der Waals surface area (Å²) in [5.74, 6) is 0.597. The first-order chi connectivity index (χ1) is 16.2. The van der Waals surface area contributed by atoms with Crippen molar-refractivity contribution >= 4 is 46.8 Å². The van der Waals surface area contributed by atoms with Gasteiger partial charge >= 0.3 is 0 Å². The van der Waals surface area contributed by atoms with Crippen LogP contribution in [0.25, 0.3) is 10.6 Å². The van der Waals surface area contributed by atoms with Gasteiger partial charge in [0, 0.05) is 21.7 Å². The summed E-state index contributed by atoms with van der Waals surface area (Å²) in [6, 6.07) is 24.8. The molecule has 33 heavy (non-hydrogen) atoms. The van der Waals surface area contributed by atoms with Gasteiger partial charge in [0.05, 0.1) is 12.0 Å². The van der Waals surface area contributed by atoms with Gasteiger partial charge in [-0.1, -0.05) is 95.4 Å². The van der Waals surface area contributed by atoms with E-state index in [4.69, 9.17) is 16.3 Å². The summed E-state index contributed by atoms with van der Waals surface area (Å²) in [6.45, 7) is 0.334. The lowest BCUT2D eigenvalue weighted by Gasteiger charge is -2.10. The molecular weight excluding hydrogens is 476 g/mol. The van der Waals surface area contributed by atoms with Crippen molar-refractivity contribution in [3.63, 3.8) is 0 Å². The van der Waals surface area contributed by atoms with Gasteiger partial charge in [-0.15, -0.1) is 10.2 Å². The first-order valence-corrected chi connectivity index (χ1v) is 12.2. The molecule has 6 nitrogen and oxygen atoms in total. The third kappa shape index (κ3) is 6.64. The lowest BCUT2D eigenvalue weighted by molar-refractivity contribution is -0.118. The summed E-state index contributed by atoms with van der Waals surface area (Å²) in [5, 5.41) is 13.9. The molecule has 9 heteroatoms. The number of thioether (sulfide) groups is 1. The second-order valence-electron chi connectivity index (χ2n) is 6.74. The van der Waals surface area contributed by atoms with Crippen LogP contribution in [0.15, 0.2) is 88.3 Å². The number of amides is 1. The molecule has 1 aromatic heterocycles. The van der Waals surface area contributed by atoms with Crippen molar-refractivity contribution in [2.75, 3.05) is 5.75 Å². The van der Waals surface area contributed by atoms with E-state index >= 15 is 0 Å². The van der Waals surface area contributed by atoms with Crippen molar-refractivity contribution in [2.24, 2.45) is 5.10 Å². The maximum absolute atomic E-state index is 12.2. The maximum Gasteiger partial charge on any atom is 0.250 e. The number of nitrogens with one attached hydrogen (secondary N) is 1. The van der Waals surface area contributed by atoms with Crippen molar-refractivity contribution in [3.8, 4) is 16.3 Å². The van der Waals surface area contributed by atoms with Crippen molar-refractivity contribution in [3.05, 3.63) is 95.0 Å². The lowest BCUT2D eigenvalue weighted by Crippen LogP contribution is -2.19. The van der Waals surface area contributed by atoms with Crippen molar-refractivity contribution in [1.82, 2.24) is 15.6 Å². The molecule has 0 aliphatic rings.